The summed E-state index contributed by atoms with van der Waals surface area (Å²) >= 11 is 4.61. The highest BCUT2D eigenvalue weighted by molar-refractivity contribution is 9.10. The van der Waals surface area contributed by atoms with Gasteiger partial charge in [-0.25, -0.2) is 18.1 Å². The molecule has 2 N–H and O–H groups in total. The van der Waals surface area contributed by atoms with Crippen molar-refractivity contribution in [2.24, 2.45) is 0 Å². The van der Waals surface area contributed by atoms with Crippen molar-refractivity contribution in [3.63, 3.8) is 0 Å². The number of nitrogens with one attached hydrogen (secondary N) is 1. The predicted molar refractivity (Wildman–Crippen MR) is 76.2 cm³/mol. The van der Waals surface area contributed by atoms with Crippen molar-refractivity contribution < 1.29 is 13.5 Å². The van der Waals surface area contributed by atoms with Crippen molar-refractivity contribution in [3.8, 4) is 0 Å². The van der Waals surface area contributed by atoms with E-state index in [0.717, 1.165) is 0 Å². The van der Waals surface area contributed by atoms with Crippen molar-refractivity contribution in [3.05, 3.63) is 44.8 Å². The number of halogens is 1. The number of thiazole rings is 1. The number of rotatable bonds is 5. The standard InChI is InChI=1S/C11H11BrN2O3S2/c12-10-2-1-8(5-15)3-11(10)19(16,17)14-4-9-6-18-7-13-9/h1-3,6-7,14-15H,4-5H2. The Kier molecular flexibility index (Phi) is 4.69. The molecule has 0 aliphatic heterocycles. The summed E-state index contributed by atoms with van der Waals surface area (Å²) in [4.78, 5) is 4.11. The van der Waals surface area contributed by atoms with E-state index >= 15 is 0 Å². The second-order valence-corrected chi connectivity index (χ2v) is 7.04. The van der Waals surface area contributed by atoms with Gasteiger partial charge in [-0.1, -0.05) is 6.07 Å². The minimum Gasteiger partial charge on any atom is -0.392 e. The Balaban J connectivity index is 2.23. The Morgan fingerprint density at radius 1 is 1.42 bits per heavy atom. The van der Waals surface area contributed by atoms with E-state index in [-0.39, 0.29) is 18.0 Å². The van der Waals surface area contributed by atoms with Gasteiger partial charge in [-0.2, -0.15) is 0 Å². The molecule has 0 bridgehead atoms. The molecular weight excluding hydrogens is 352 g/mol. The lowest BCUT2D eigenvalue weighted by Gasteiger charge is -2.09. The van der Waals surface area contributed by atoms with Gasteiger partial charge in [0.25, 0.3) is 0 Å². The molecular formula is C11H11BrN2O3S2. The molecule has 1 aromatic carbocycles. The summed E-state index contributed by atoms with van der Waals surface area (Å²) in [6.07, 6.45) is 0. The highest BCUT2D eigenvalue weighted by atomic mass is 79.9. The third-order valence-corrected chi connectivity index (χ3v) is 5.42. The fourth-order valence-corrected chi connectivity index (χ4v) is 3.99. The predicted octanol–water partition coefficient (Wildman–Crippen LogP) is 1.88. The van der Waals surface area contributed by atoms with Crippen LogP contribution >= 0.6 is 27.3 Å². The van der Waals surface area contributed by atoms with E-state index in [1.165, 1.54) is 17.4 Å². The largest absolute Gasteiger partial charge is 0.392 e. The van der Waals surface area contributed by atoms with Gasteiger partial charge < -0.3 is 5.11 Å². The van der Waals surface area contributed by atoms with Gasteiger partial charge in [0, 0.05) is 9.85 Å². The van der Waals surface area contributed by atoms with E-state index in [1.54, 1.807) is 23.0 Å². The summed E-state index contributed by atoms with van der Waals surface area (Å²) in [5, 5.41) is 10.8. The first kappa shape index (κ1) is 14.6. The Bertz CT molecular complexity index is 657. The van der Waals surface area contributed by atoms with E-state index in [9.17, 15) is 8.42 Å². The number of aromatic nitrogens is 1. The smallest absolute Gasteiger partial charge is 0.242 e. The van der Waals surface area contributed by atoms with E-state index in [0.29, 0.717) is 15.7 Å². The highest BCUT2D eigenvalue weighted by Crippen LogP contribution is 2.23. The molecule has 102 valence electrons. The first-order valence-electron chi connectivity index (χ1n) is 5.29. The minimum atomic E-state index is -3.64. The third-order valence-electron chi connectivity index (χ3n) is 2.39. The van der Waals surface area contributed by atoms with Crippen LogP contribution in [-0.2, 0) is 23.2 Å². The maximum absolute atomic E-state index is 12.2. The fraction of sp³-hybridized carbons (Fsp3) is 0.182. The second-order valence-electron chi connectivity index (χ2n) is 3.73. The van der Waals surface area contributed by atoms with Crippen molar-refractivity contribution in [1.82, 2.24) is 9.71 Å². The van der Waals surface area contributed by atoms with E-state index in [4.69, 9.17) is 5.11 Å². The molecule has 0 unspecified atom stereocenters. The van der Waals surface area contributed by atoms with Gasteiger partial charge in [0.15, 0.2) is 0 Å². The summed E-state index contributed by atoms with van der Waals surface area (Å²) in [5.41, 5.74) is 2.85. The van der Waals surface area contributed by atoms with Crippen LogP contribution in [0.25, 0.3) is 0 Å². The minimum absolute atomic E-state index is 0.106. The zero-order valence-electron chi connectivity index (χ0n) is 9.71. The maximum Gasteiger partial charge on any atom is 0.242 e. The molecule has 8 heteroatoms. The molecule has 0 saturated carbocycles. The molecule has 1 aromatic heterocycles. The van der Waals surface area contributed by atoms with Crippen molar-refractivity contribution in [1.29, 1.82) is 0 Å². The van der Waals surface area contributed by atoms with Gasteiger partial charge in [0.2, 0.25) is 10.0 Å². The molecule has 0 amide bonds. The highest BCUT2D eigenvalue weighted by Gasteiger charge is 2.18. The zero-order valence-corrected chi connectivity index (χ0v) is 12.9. The second kappa shape index (κ2) is 6.10. The van der Waals surface area contributed by atoms with Crippen molar-refractivity contribution in [2.45, 2.75) is 18.0 Å². The summed E-state index contributed by atoms with van der Waals surface area (Å²) < 4.78 is 27.3. The normalized spacial score (nSPS) is 11.7. The number of sulfonamides is 1. The van der Waals surface area contributed by atoms with Crippen LogP contribution in [-0.4, -0.2) is 18.5 Å². The molecule has 0 saturated heterocycles. The lowest BCUT2D eigenvalue weighted by Crippen LogP contribution is -2.24. The number of hydrogen-bond donors (Lipinski definition) is 2. The van der Waals surface area contributed by atoms with E-state index < -0.39 is 10.0 Å². The fourth-order valence-electron chi connectivity index (χ4n) is 1.42. The summed E-state index contributed by atoms with van der Waals surface area (Å²) in [6.45, 7) is -0.0660. The molecule has 0 spiro atoms. The first-order chi connectivity index (χ1) is 9.03. The third kappa shape index (κ3) is 3.61. The molecule has 19 heavy (non-hydrogen) atoms. The summed E-state index contributed by atoms with van der Waals surface area (Å²) in [7, 11) is -3.64. The van der Waals surface area contributed by atoms with Crippen LogP contribution in [0, 0.1) is 0 Å². The molecule has 5 nitrogen and oxygen atoms in total. The zero-order chi connectivity index (χ0) is 13.9. The molecule has 0 aliphatic carbocycles. The van der Waals surface area contributed by atoms with Gasteiger partial charge in [0.1, 0.15) is 0 Å². The first-order valence-corrected chi connectivity index (χ1v) is 8.51. The van der Waals surface area contributed by atoms with Gasteiger partial charge in [-0.3, -0.25) is 0 Å². The molecule has 2 rings (SSSR count). The molecule has 0 radical (unpaired) electrons. The van der Waals surface area contributed by atoms with Crippen molar-refractivity contribution in [2.75, 3.05) is 0 Å². The van der Waals surface area contributed by atoms with Crippen molar-refractivity contribution >= 4 is 37.3 Å². The van der Waals surface area contributed by atoms with Gasteiger partial charge in [-0.15, -0.1) is 11.3 Å². The Morgan fingerprint density at radius 2 is 2.21 bits per heavy atom. The summed E-state index contributed by atoms with van der Waals surface area (Å²) in [6, 6.07) is 4.69. The lowest BCUT2D eigenvalue weighted by atomic mass is 10.2. The van der Waals surface area contributed by atoms with Crippen LogP contribution in [0.2, 0.25) is 0 Å². The van der Waals surface area contributed by atoms with Crippen LogP contribution in [0.1, 0.15) is 11.3 Å². The Labute approximate surface area is 123 Å². The number of aliphatic hydroxyl groups is 1. The number of hydrogen-bond acceptors (Lipinski definition) is 5. The average Bonchev–Trinajstić information content (AvgIpc) is 2.90. The maximum atomic E-state index is 12.2. The number of aliphatic hydroxyl groups excluding tert-OH is 1. The van der Waals surface area contributed by atoms with Gasteiger partial charge in [-0.05, 0) is 33.6 Å². The van der Waals surface area contributed by atoms with Crippen LogP contribution in [0.15, 0.2) is 38.5 Å². The molecule has 0 fully saturated rings. The summed E-state index contributed by atoms with van der Waals surface area (Å²) in [5.74, 6) is 0. The SMILES string of the molecule is O=S(=O)(NCc1cscn1)c1cc(CO)ccc1Br. The van der Waals surface area contributed by atoms with Gasteiger partial charge in [0.05, 0.1) is 29.3 Å². The molecule has 1 heterocycles. The van der Waals surface area contributed by atoms with Gasteiger partial charge >= 0.3 is 0 Å². The van der Waals surface area contributed by atoms with E-state index in [1.807, 2.05) is 0 Å². The van der Waals surface area contributed by atoms with Crippen LogP contribution in [0.5, 0.6) is 0 Å². The van der Waals surface area contributed by atoms with Crippen LogP contribution in [0.4, 0.5) is 0 Å². The quantitative estimate of drug-likeness (QED) is 0.850. The molecule has 2 aromatic rings. The Morgan fingerprint density at radius 3 is 2.84 bits per heavy atom. The average molecular weight is 363 g/mol. The topological polar surface area (TPSA) is 79.3 Å². The van der Waals surface area contributed by atoms with Crippen LogP contribution in [0.3, 0.4) is 0 Å². The monoisotopic (exact) mass is 362 g/mol. The number of benzene rings is 1. The van der Waals surface area contributed by atoms with Crippen LogP contribution < -0.4 is 4.72 Å². The lowest BCUT2D eigenvalue weighted by molar-refractivity contribution is 0.281. The molecule has 0 aliphatic rings. The number of nitrogens with zero attached hydrogens (tertiary/aromatic N) is 1. The molecule has 0 atom stereocenters. The Hall–Kier alpha value is -0.800. The van der Waals surface area contributed by atoms with E-state index in [2.05, 4.69) is 25.6 Å².